The number of hydrogen-bond acceptors (Lipinski definition) is 3. The summed E-state index contributed by atoms with van der Waals surface area (Å²) in [6, 6.07) is 77.0. The minimum absolute atomic E-state index is 0.921. The second-order valence-corrected chi connectivity index (χ2v) is 16.3. The van der Waals surface area contributed by atoms with Gasteiger partial charge >= 0.3 is 0 Å². The molecule has 0 radical (unpaired) electrons. The van der Waals surface area contributed by atoms with E-state index in [4.69, 9.17) is 4.42 Å². The van der Waals surface area contributed by atoms with E-state index < -0.39 is 0 Å². The molecule has 0 N–H and O–H groups in total. The Hall–Kier alpha value is -7.46. The number of hydrogen-bond donors (Lipinski definition) is 0. The van der Waals surface area contributed by atoms with Crippen molar-refractivity contribution in [3.05, 3.63) is 212 Å². The molecular formula is C56H35NOS. The van der Waals surface area contributed by atoms with Crippen LogP contribution in [-0.2, 0) is 0 Å². The summed E-state index contributed by atoms with van der Waals surface area (Å²) >= 11 is 1.87. The number of anilines is 3. The highest BCUT2D eigenvalue weighted by molar-refractivity contribution is 7.26. The van der Waals surface area contributed by atoms with Crippen molar-refractivity contribution >= 4 is 92.1 Å². The predicted octanol–water partition coefficient (Wildman–Crippen LogP) is 16.7. The molecule has 2 nitrogen and oxygen atoms in total. The highest BCUT2D eigenvalue weighted by Gasteiger charge is 2.19. The van der Waals surface area contributed by atoms with Crippen molar-refractivity contribution in [3.8, 4) is 33.4 Å². The summed E-state index contributed by atoms with van der Waals surface area (Å²) in [6.45, 7) is 0. The fourth-order valence-electron chi connectivity index (χ4n) is 9.11. The van der Waals surface area contributed by atoms with Crippen molar-refractivity contribution in [2.75, 3.05) is 4.90 Å². The van der Waals surface area contributed by atoms with Crippen LogP contribution < -0.4 is 4.90 Å². The summed E-state index contributed by atoms with van der Waals surface area (Å²) < 4.78 is 8.85. The lowest BCUT2D eigenvalue weighted by Crippen LogP contribution is -2.11. The summed E-state index contributed by atoms with van der Waals surface area (Å²) in [6.07, 6.45) is 0. The molecule has 0 unspecified atom stereocenters. The zero-order valence-electron chi connectivity index (χ0n) is 32.0. The molecule has 0 atom stereocenters. The minimum atomic E-state index is 0.921. The van der Waals surface area contributed by atoms with E-state index in [0.29, 0.717) is 0 Å². The maximum atomic E-state index is 6.21. The normalized spacial score (nSPS) is 11.7. The Labute approximate surface area is 345 Å². The number of nitrogens with zero attached hydrogens (tertiary/aromatic N) is 1. The van der Waals surface area contributed by atoms with Gasteiger partial charge in [-0.1, -0.05) is 158 Å². The van der Waals surface area contributed by atoms with E-state index in [0.717, 1.165) is 33.6 Å². The van der Waals surface area contributed by atoms with Gasteiger partial charge < -0.3 is 9.32 Å². The Morgan fingerprint density at radius 1 is 0.356 bits per heavy atom. The first-order valence-corrected chi connectivity index (χ1v) is 20.9. The van der Waals surface area contributed by atoms with Gasteiger partial charge in [0, 0.05) is 47.9 Å². The van der Waals surface area contributed by atoms with Crippen LogP contribution in [-0.4, -0.2) is 0 Å². The molecule has 59 heavy (non-hydrogen) atoms. The molecule has 0 fully saturated rings. The lowest BCUT2D eigenvalue weighted by atomic mass is 9.94. The highest BCUT2D eigenvalue weighted by Crippen LogP contribution is 2.45. The molecule has 12 rings (SSSR count). The van der Waals surface area contributed by atoms with E-state index in [-0.39, 0.29) is 0 Å². The lowest BCUT2D eigenvalue weighted by Gasteiger charge is -2.28. The quantitative estimate of drug-likeness (QED) is 0.167. The van der Waals surface area contributed by atoms with E-state index >= 15 is 0 Å². The zero-order valence-corrected chi connectivity index (χ0v) is 32.8. The number of rotatable bonds is 6. The molecule has 0 aliphatic rings. The third-order valence-electron chi connectivity index (χ3n) is 11.9. The van der Waals surface area contributed by atoms with Gasteiger partial charge in [-0.05, 0) is 104 Å². The molecule has 0 bridgehead atoms. The summed E-state index contributed by atoms with van der Waals surface area (Å²) in [5.74, 6) is 0. The number of furan rings is 1. The maximum absolute atomic E-state index is 6.21. The molecule has 12 aromatic rings. The van der Waals surface area contributed by atoms with Gasteiger partial charge in [0.25, 0.3) is 0 Å². The second kappa shape index (κ2) is 13.6. The van der Waals surface area contributed by atoms with Gasteiger partial charge in [-0.3, -0.25) is 0 Å². The first kappa shape index (κ1) is 33.7. The van der Waals surface area contributed by atoms with Crippen LogP contribution in [0.3, 0.4) is 0 Å². The first-order chi connectivity index (χ1) is 29.2. The van der Waals surface area contributed by atoms with Crippen LogP contribution in [0.4, 0.5) is 17.1 Å². The summed E-state index contributed by atoms with van der Waals surface area (Å²) in [4.78, 5) is 2.41. The van der Waals surface area contributed by atoms with Gasteiger partial charge in [-0.2, -0.15) is 0 Å². The smallest absolute Gasteiger partial charge is 0.136 e. The topological polar surface area (TPSA) is 16.4 Å². The second-order valence-electron chi connectivity index (χ2n) is 15.2. The minimum Gasteiger partial charge on any atom is -0.456 e. The molecule has 0 amide bonds. The van der Waals surface area contributed by atoms with Gasteiger partial charge in [0.05, 0.1) is 5.69 Å². The summed E-state index contributed by atoms with van der Waals surface area (Å²) in [5.41, 5.74) is 12.4. The van der Waals surface area contributed by atoms with Crippen LogP contribution in [0.2, 0.25) is 0 Å². The van der Waals surface area contributed by atoms with Crippen molar-refractivity contribution in [1.82, 2.24) is 0 Å². The van der Waals surface area contributed by atoms with Crippen LogP contribution >= 0.6 is 11.3 Å². The van der Waals surface area contributed by atoms with Gasteiger partial charge in [0.1, 0.15) is 11.2 Å². The molecule has 0 saturated carbocycles. The van der Waals surface area contributed by atoms with E-state index in [1.807, 2.05) is 23.5 Å². The molecule has 276 valence electrons. The average molecular weight is 770 g/mol. The Balaban J connectivity index is 0.986. The van der Waals surface area contributed by atoms with Crippen LogP contribution in [0, 0.1) is 0 Å². The third kappa shape index (κ3) is 5.55. The predicted molar refractivity (Wildman–Crippen MR) is 253 cm³/mol. The van der Waals surface area contributed by atoms with Crippen molar-refractivity contribution < 1.29 is 4.42 Å². The Morgan fingerprint density at radius 2 is 1.02 bits per heavy atom. The van der Waals surface area contributed by atoms with E-state index in [1.165, 1.54) is 80.5 Å². The molecule has 0 aliphatic carbocycles. The average Bonchev–Trinajstić information content (AvgIpc) is 3.88. The van der Waals surface area contributed by atoms with Crippen molar-refractivity contribution in [2.45, 2.75) is 0 Å². The first-order valence-electron chi connectivity index (χ1n) is 20.1. The molecule has 2 heterocycles. The number of thiophene rings is 1. The van der Waals surface area contributed by atoms with Crippen LogP contribution in [0.15, 0.2) is 217 Å². The zero-order chi connectivity index (χ0) is 38.9. The van der Waals surface area contributed by atoms with Gasteiger partial charge in [0.2, 0.25) is 0 Å². The highest BCUT2D eigenvalue weighted by atomic mass is 32.1. The lowest BCUT2D eigenvalue weighted by molar-refractivity contribution is 0.669. The Morgan fingerprint density at radius 3 is 1.93 bits per heavy atom. The third-order valence-corrected chi connectivity index (χ3v) is 13.1. The maximum Gasteiger partial charge on any atom is 0.136 e. The fourth-order valence-corrected chi connectivity index (χ4v) is 10.3. The van der Waals surface area contributed by atoms with Gasteiger partial charge in [0.15, 0.2) is 0 Å². The Bertz CT molecular complexity index is 3560. The SMILES string of the molecule is c1ccc(-c2ccccc2N(c2ccc(-c3cccc4c3sc3ccccc34)cc2)c2ccc3c(-c4ccc5c(ccc6oc7ccccc7c65)c4)cccc3c2)cc1. The van der Waals surface area contributed by atoms with Crippen LogP contribution in [0.1, 0.15) is 0 Å². The molecule has 0 saturated heterocycles. The number of fused-ring (bicyclic) bond motifs is 9. The number of para-hydroxylation sites is 2. The van der Waals surface area contributed by atoms with Crippen molar-refractivity contribution in [1.29, 1.82) is 0 Å². The summed E-state index contributed by atoms with van der Waals surface area (Å²) in [7, 11) is 0. The monoisotopic (exact) mass is 769 g/mol. The van der Waals surface area contributed by atoms with Crippen molar-refractivity contribution in [2.24, 2.45) is 0 Å². The van der Waals surface area contributed by atoms with Crippen LogP contribution in [0.25, 0.3) is 97.0 Å². The van der Waals surface area contributed by atoms with Gasteiger partial charge in [-0.15, -0.1) is 11.3 Å². The summed E-state index contributed by atoms with van der Waals surface area (Å²) in [5, 5.41) is 9.77. The Kier molecular flexibility index (Phi) is 7.75. The van der Waals surface area contributed by atoms with E-state index in [1.54, 1.807) is 0 Å². The molecule has 2 aromatic heterocycles. The standard InChI is InChI=1S/C56H35NOS/c1-2-12-36(13-3-1)45-15-4-7-21-51(45)57(41-28-24-37(25-29-41)47-19-11-20-49-48-16-6-9-23-54(48)59-56(47)49)42-30-32-44-38(35-42)14-10-18-43(44)39-26-31-46-40(34-39)27-33-53-55(46)50-17-5-8-22-52(50)58-53/h1-35H. The van der Waals surface area contributed by atoms with Crippen LogP contribution in [0.5, 0.6) is 0 Å². The molecular weight excluding hydrogens is 735 g/mol. The van der Waals surface area contributed by atoms with Gasteiger partial charge in [-0.25, -0.2) is 0 Å². The fraction of sp³-hybridized carbons (Fsp3) is 0. The van der Waals surface area contributed by atoms with E-state index in [9.17, 15) is 0 Å². The number of benzene rings is 10. The van der Waals surface area contributed by atoms with Crippen molar-refractivity contribution in [3.63, 3.8) is 0 Å². The van der Waals surface area contributed by atoms with E-state index in [2.05, 4.69) is 205 Å². The molecule has 10 aromatic carbocycles. The molecule has 3 heteroatoms. The largest absolute Gasteiger partial charge is 0.456 e. The molecule has 0 spiro atoms. The molecule has 0 aliphatic heterocycles.